The molecule has 3 heteroatoms. The zero-order valence-corrected chi connectivity index (χ0v) is 13.2. The van der Waals surface area contributed by atoms with Crippen molar-refractivity contribution in [2.45, 2.75) is 52.0 Å². The summed E-state index contributed by atoms with van der Waals surface area (Å²) in [5, 5.41) is 3.89. The maximum absolute atomic E-state index is 3.89. The Bertz CT molecular complexity index is 259. The van der Waals surface area contributed by atoms with Crippen molar-refractivity contribution in [1.29, 1.82) is 0 Å². The van der Waals surface area contributed by atoms with Gasteiger partial charge in [0.2, 0.25) is 0 Å². The van der Waals surface area contributed by atoms with Crippen LogP contribution in [0.2, 0.25) is 0 Å². The van der Waals surface area contributed by atoms with Crippen LogP contribution in [0.15, 0.2) is 0 Å². The Hall–Kier alpha value is -0.120. The van der Waals surface area contributed by atoms with Crippen molar-refractivity contribution in [3.05, 3.63) is 0 Å². The Labute approximate surface area is 119 Å². The van der Waals surface area contributed by atoms with Gasteiger partial charge in [-0.1, -0.05) is 13.8 Å². The fraction of sp³-hybridized carbons (Fsp3) is 1.00. The van der Waals surface area contributed by atoms with E-state index < -0.39 is 0 Å². The van der Waals surface area contributed by atoms with Crippen LogP contribution in [0.1, 0.15) is 46.0 Å². The van der Waals surface area contributed by atoms with E-state index in [2.05, 4.69) is 36.0 Å². The van der Waals surface area contributed by atoms with E-state index in [9.17, 15) is 0 Å². The van der Waals surface area contributed by atoms with Crippen LogP contribution in [0.3, 0.4) is 0 Å². The van der Waals surface area contributed by atoms with Gasteiger partial charge in [0.05, 0.1) is 0 Å². The molecule has 0 spiro atoms. The van der Waals surface area contributed by atoms with Crippen molar-refractivity contribution < 1.29 is 0 Å². The molecule has 112 valence electrons. The first-order valence-corrected chi connectivity index (χ1v) is 8.25. The van der Waals surface area contributed by atoms with Gasteiger partial charge in [0.15, 0.2) is 0 Å². The number of nitrogens with one attached hydrogen (secondary N) is 1. The van der Waals surface area contributed by atoms with Gasteiger partial charge < -0.3 is 15.1 Å². The average molecular weight is 267 g/mol. The van der Waals surface area contributed by atoms with E-state index in [1.165, 1.54) is 71.4 Å². The molecule has 0 saturated carbocycles. The molecule has 0 bridgehead atoms. The molecule has 0 aromatic rings. The Kier molecular flexibility index (Phi) is 5.67. The van der Waals surface area contributed by atoms with E-state index >= 15 is 0 Å². The lowest BCUT2D eigenvalue weighted by Gasteiger charge is -2.39. The van der Waals surface area contributed by atoms with Gasteiger partial charge in [0, 0.05) is 12.6 Å². The number of hydrogen-bond acceptors (Lipinski definition) is 3. The first-order valence-electron chi connectivity index (χ1n) is 8.25. The average Bonchev–Trinajstić information content (AvgIpc) is 2.65. The first kappa shape index (κ1) is 15.3. The van der Waals surface area contributed by atoms with Crippen molar-refractivity contribution in [2.75, 3.05) is 46.3 Å². The summed E-state index contributed by atoms with van der Waals surface area (Å²) in [6, 6.07) is 0.757. The summed E-state index contributed by atoms with van der Waals surface area (Å²) >= 11 is 0. The molecule has 0 amide bonds. The Balaban J connectivity index is 1.72. The van der Waals surface area contributed by atoms with Gasteiger partial charge in [-0.2, -0.15) is 0 Å². The van der Waals surface area contributed by atoms with E-state index in [4.69, 9.17) is 0 Å². The maximum atomic E-state index is 3.89. The zero-order chi connectivity index (χ0) is 13.7. The SMILES string of the molecule is CCN1CCCC(NCC2(C)CCN(C)CC2)CC1. The van der Waals surface area contributed by atoms with Crippen molar-refractivity contribution in [3.8, 4) is 0 Å². The smallest absolute Gasteiger partial charge is 0.00799 e. The first-order chi connectivity index (χ1) is 9.11. The Morgan fingerprint density at radius 2 is 1.84 bits per heavy atom. The summed E-state index contributed by atoms with van der Waals surface area (Å²) in [6.07, 6.45) is 6.77. The normalized spacial score (nSPS) is 30.2. The molecule has 0 radical (unpaired) electrons. The van der Waals surface area contributed by atoms with E-state index in [0.29, 0.717) is 5.41 Å². The Morgan fingerprint density at radius 1 is 1.11 bits per heavy atom. The van der Waals surface area contributed by atoms with Crippen LogP contribution in [0.4, 0.5) is 0 Å². The summed E-state index contributed by atoms with van der Waals surface area (Å²) in [5.41, 5.74) is 0.531. The third-order valence-electron chi connectivity index (χ3n) is 5.28. The van der Waals surface area contributed by atoms with Crippen molar-refractivity contribution >= 4 is 0 Å². The number of rotatable bonds is 4. The third kappa shape index (κ3) is 4.73. The summed E-state index contributed by atoms with van der Waals surface area (Å²) in [7, 11) is 2.25. The predicted molar refractivity (Wildman–Crippen MR) is 82.6 cm³/mol. The van der Waals surface area contributed by atoms with Crippen LogP contribution in [0.5, 0.6) is 0 Å². The molecule has 1 N–H and O–H groups in total. The van der Waals surface area contributed by atoms with E-state index in [1.807, 2.05) is 0 Å². The minimum Gasteiger partial charge on any atom is -0.313 e. The number of hydrogen-bond donors (Lipinski definition) is 1. The Morgan fingerprint density at radius 3 is 2.53 bits per heavy atom. The highest BCUT2D eigenvalue weighted by Gasteiger charge is 2.29. The number of likely N-dealkylation sites (tertiary alicyclic amines) is 2. The topological polar surface area (TPSA) is 18.5 Å². The molecular formula is C16H33N3. The van der Waals surface area contributed by atoms with Crippen molar-refractivity contribution in [1.82, 2.24) is 15.1 Å². The van der Waals surface area contributed by atoms with Crippen LogP contribution in [0, 0.1) is 5.41 Å². The second kappa shape index (κ2) is 7.05. The molecule has 0 aromatic carbocycles. The standard InChI is InChI=1S/C16H33N3/c1-4-19-10-5-6-15(7-11-19)17-14-16(2)8-12-18(3)13-9-16/h15,17H,4-14H2,1-3H3. The van der Waals surface area contributed by atoms with E-state index in [-0.39, 0.29) is 0 Å². The van der Waals surface area contributed by atoms with Crippen molar-refractivity contribution in [2.24, 2.45) is 5.41 Å². The van der Waals surface area contributed by atoms with Gasteiger partial charge >= 0.3 is 0 Å². The molecule has 2 saturated heterocycles. The third-order valence-corrected chi connectivity index (χ3v) is 5.28. The quantitative estimate of drug-likeness (QED) is 0.842. The summed E-state index contributed by atoms with van der Waals surface area (Å²) in [6.45, 7) is 12.3. The molecule has 2 fully saturated rings. The van der Waals surface area contributed by atoms with Crippen molar-refractivity contribution in [3.63, 3.8) is 0 Å². The highest BCUT2D eigenvalue weighted by Crippen LogP contribution is 2.29. The molecule has 0 aliphatic carbocycles. The lowest BCUT2D eigenvalue weighted by atomic mass is 9.80. The predicted octanol–water partition coefficient (Wildman–Crippen LogP) is 2.18. The molecule has 2 aliphatic rings. The van der Waals surface area contributed by atoms with Gasteiger partial charge in [0.1, 0.15) is 0 Å². The minimum absolute atomic E-state index is 0.531. The molecule has 2 heterocycles. The largest absolute Gasteiger partial charge is 0.313 e. The molecule has 1 atom stereocenters. The van der Waals surface area contributed by atoms with Crippen LogP contribution >= 0.6 is 0 Å². The van der Waals surface area contributed by atoms with Gasteiger partial charge in [-0.15, -0.1) is 0 Å². The fourth-order valence-electron chi connectivity index (χ4n) is 3.40. The second-order valence-corrected chi connectivity index (χ2v) is 7.06. The summed E-state index contributed by atoms with van der Waals surface area (Å²) < 4.78 is 0. The lowest BCUT2D eigenvalue weighted by Crippen LogP contribution is -2.44. The van der Waals surface area contributed by atoms with Crippen LogP contribution < -0.4 is 5.32 Å². The van der Waals surface area contributed by atoms with Gasteiger partial charge in [-0.25, -0.2) is 0 Å². The molecule has 3 nitrogen and oxygen atoms in total. The summed E-state index contributed by atoms with van der Waals surface area (Å²) in [4.78, 5) is 5.06. The molecule has 1 unspecified atom stereocenters. The zero-order valence-electron chi connectivity index (χ0n) is 13.2. The van der Waals surface area contributed by atoms with E-state index in [1.54, 1.807) is 0 Å². The second-order valence-electron chi connectivity index (χ2n) is 7.06. The highest BCUT2D eigenvalue weighted by atomic mass is 15.1. The lowest BCUT2D eigenvalue weighted by molar-refractivity contribution is 0.132. The molecular weight excluding hydrogens is 234 g/mol. The van der Waals surface area contributed by atoms with Gasteiger partial charge in [-0.3, -0.25) is 0 Å². The molecule has 0 aromatic heterocycles. The summed E-state index contributed by atoms with van der Waals surface area (Å²) in [5.74, 6) is 0. The molecule has 2 rings (SSSR count). The van der Waals surface area contributed by atoms with Crippen LogP contribution in [-0.2, 0) is 0 Å². The van der Waals surface area contributed by atoms with Gasteiger partial charge in [-0.05, 0) is 77.3 Å². The van der Waals surface area contributed by atoms with Crippen LogP contribution in [-0.4, -0.2) is 62.2 Å². The molecule has 2 aliphatic heterocycles. The van der Waals surface area contributed by atoms with E-state index in [0.717, 1.165) is 6.04 Å². The van der Waals surface area contributed by atoms with Crippen LogP contribution in [0.25, 0.3) is 0 Å². The maximum Gasteiger partial charge on any atom is 0.00799 e. The number of piperidine rings is 1. The molecule has 19 heavy (non-hydrogen) atoms. The highest BCUT2D eigenvalue weighted by molar-refractivity contribution is 4.85. The monoisotopic (exact) mass is 267 g/mol. The number of nitrogens with zero attached hydrogens (tertiary/aromatic N) is 2. The fourth-order valence-corrected chi connectivity index (χ4v) is 3.40. The van der Waals surface area contributed by atoms with Gasteiger partial charge in [0.25, 0.3) is 0 Å². The minimum atomic E-state index is 0.531.